The number of likely N-dealkylation sites (N-methyl/N-ethyl adjacent to an activating group) is 1. The first-order chi connectivity index (χ1) is 19.7. The molecule has 2 N–H and O–H groups in total. The summed E-state index contributed by atoms with van der Waals surface area (Å²) >= 11 is 0. The fraction of sp³-hybridized carbons (Fsp3) is 0.276. The molecule has 1 amide bonds. The van der Waals surface area contributed by atoms with E-state index < -0.39 is 17.6 Å². The molecule has 2 aromatic carbocycles. The summed E-state index contributed by atoms with van der Waals surface area (Å²) in [6.45, 7) is 5.03. The highest BCUT2D eigenvalue weighted by atomic mass is 35.5. The van der Waals surface area contributed by atoms with Crippen LogP contribution in [0.15, 0.2) is 67.4 Å². The van der Waals surface area contributed by atoms with Crippen LogP contribution in [0.1, 0.15) is 27.0 Å². The highest BCUT2D eigenvalue weighted by molar-refractivity contribution is 6.04. The second kappa shape index (κ2) is 13.2. The van der Waals surface area contributed by atoms with Crippen LogP contribution in [0.25, 0.3) is 11.3 Å². The van der Waals surface area contributed by atoms with Crippen LogP contribution in [0.3, 0.4) is 0 Å². The molecule has 42 heavy (non-hydrogen) atoms. The van der Waals surface area contributed by atoms with Gasteiger partial charge in [0.1, 0.15) is 6.33 Å². The number of amides is 1. The summed E-state index contributed by atoms with van der Waals surface area (Å²) < 4.78 is 42.0. The van der Waals surface area contributed by atoms with E-state index in [2.05, 4.69) is 35.5 Å². The van der Waals surface area contributed by atoms with Gasteiger partial charge in [0.05, 0.1) is 11.3 Å². The highest BCUT2D eigenvalue weighted by Crippen LogP contribution is 2.34. The molecule has 0 spiro atoms. The van der Waals surface area contributed by atoms with Crippen LogP contribution >= 0.6 is 12.4 Å². The smallest absolute Gasteiger partial charge is 0.324 e. The van der Waals surface area contributed by atoms with E-state index in [1.807, 2.05) is 18.9 Å². The largest absolute Gasteiger partial charge is 0.416 e. The van der Waals surface area contributed by atoms with Gasteiger partial charge in [-0.2, -0.15) is 13.2 Å². The minimum atomic E-state index is -4.58. The fourth-order valence-electron chi connectivity index (χ4n) is 4.54. The Morgan fingerprint density at radius 3 is 2.45 bits per heavy atom. The zero-order chi connectivity index (χ0) is 29.0. The Morgan fingerprint density at radius 1 is 1.00 bits per heavy atom. The molecule has 1 fully saturated rings. The summed E-state index contributed by atoms with van der Waals surface area (Å²) in [4.78, 5) is 34.0. The van der Waals surface area contributed by atoms with Crippen LogP contribution in [-0.4, -0.2) is 68.9 Å². The molecule has 13 heteroatoms. The molecule has 2 aromatic heterocycles. The van der Waals surface area contributed by atoms with Crippen LogP contribution in [-0.2, 0) is 12.7 Å². The number of hydrogen-bond donors (Lipinski definition) is 2. The molecule has 0 atom stereocenters. The summed E-state index contributed by atoms with van der Waals surface area (Å²) in [7, 11) is 1.99. The molecule has 0 unspecified atom stereocenters. The van der Waals surface area contributed by atoms with Gasteiger partial charge in [0.15, 0.2) is 0 Å². The zero-order valence-electron chi connectivity index (χ0n) is 23.0. The van der Waals surface area contributed by atoms with Gasteiger partial charge in [-0.1, -0.05) is 12.1 Å². The van der Waals surface area contributed by atoms with Gasteiger partial charge in [-0.3, -0.25) is 9.69 Å². The maximum Gasteiger partial charge on any atom is 0.416 e. The molecule has 0 radical (unpaired) electrons. The van der Waals surface area contributed by atoms with E-state index in [1.54, 1.807) is 42.9 Å². The maximum absolute atomic E-state index is 14.0. The van der Waals surface area contributed by atoms with E-state index in [-0.39, 0.29) is 30.1 Å². The topological polar surface area (TPSA) is 99.2 Å². The van der Waals surface area contributed by atoms with E-state index in [9.17, 15) is 18.0 Å². The first-order valence-electron chi connectivity index (χ1n) is 13.0. The average molecular weight is 599 g/mol. The summed E-state index contributed by atoms with van der Waals surface area (Å²) in [5, 5.41) is 5.86. The number of aromatic nitrogens is 4. The van der Waals surface area contributed by atoms with Crippen LogP contribution < -0.4 is 10.6 Å². The molecule has 9 nitrogen and oxygen atoms in total. The van der Waals surface area contributed by atoms with Crippen LogP contribution in [0.5, 0.6) is 0 Å². The van der Waals surface area contributed by atoms with Crippen molar-refractivity contribution in [3.05, 3.63) is 89.6 Å². The second-order valence-electron chi connectivity index (χ2n) is 9.95. The number of halogens is 4. The van der Waals surface area contributed by atoms with E-state index >= 15 is 0 Å². The number of aryl methyl sites for hydroxylation is 1. The van der Waals surface area contributed by atoms with Crippen molar-refractivity contribution in [3.8, 4) is 11.3 Å². The van der Waals surface area contributed by atoms with Crippen LogP contribution in [0, 0.1) is 6.92 Å². The van der Waals surface area contributed by atoms with Gasteiger partial charge in [0.25, 0.3) is 5.91 Å². The molecule has 1 aliphatic heterocycles. The van der Waals surface area contributed by atoms with Gasteiger partial charge in [-0.25, -0.2) is 19.9 Å². The lowest BCUT2D eigenvalue weighted by Crippen LogP contribution is -2.44. The van der Waals surface area contributed by atoms with E-state index in [1.165, 1.54) is 18.5 Å². The molecule has 3 heterocycles. The van der Waals surface area contributed by atoms with Gasteiger partial charge in [-0.05, 0) is 55.4 Å². The highest BCUT2D eigenvalue weighted by Gasteiger charge is 2.34. The van der Waals surface area contributed by atoms with Crippen molar-refractivity contribution >= 4 is 35.6 Å². The molecular formula is C29H30ClF3N8O. The van der Waals surface area contributed by atoms with Crippen molar-refractivity contribution < 1.29 is 18.0 Å². The van der Waals surface area contributed by atoms with E-state index in [0.717, 1.165) is 30.3 Å². The molecule has 1 aliphatic rings. The van der Waals surface area contributed by atoms with Crippen molar-refractivity contribution in [2.75, 3.05) is 43.9 Å². The summed E-state index contributed by atoms with van der Waals surface area (Å²) in [6.07, 6.45) is 1.73. The molecule has 0 bridgehead atoms. The number of carbonyl (C=O) groups excluding carboxylic acids is 1. The van der Waals surface area contributed by atoms with Crippen molar-refractivity contribution in [1.29, 1.82) is 0 Å². The average Bonchev–Trinajstić information content (AvgIpc) is 2.96. The first-order valence-corrected chi connectivity index (χ1v) is 13.0. The summed E-state index contributed by atoms with van der Waals surface area (Å²) in [6, 6.07) is 10.7. The Morgan fingerprint density at radius 2 is 1.74 bits per heavy atom. The Balaban J connectivity index is 0.00000405. The number of hydrogen-bond acceptors (Lipinski definition) is 8. The Hall–Kier alpha value is -4.13. The number of nitrogens with zero attached hydrogens (tertiary/aromatic N) is 6. The number of carbonyl (C=O) groups is 1. The maximum atomic E-state index is 14.0. The van der Waals surface area contributed by atoms with Crippen molar-refractivity contribution in [1.82, 2.24) is 29.7 Å². The molecule has 0 saturated carbocycles. The van der Waals surface area contributed by atoms with Gasteiger partial charge in [0.2, 0.25) is 5.95 Å². The number of alkyl halides is 3. The minimum absolute atomic E-state index is 0. The standard InChI is InChI=1S/C29H29F3N8O.ClH/c1-19-3-6-23(14-26(19)38-28-35-8-7-25(37-28)22-15-33-18-34-16-22)36-27(41)20-4-5-21(24(13-20)29(30,31)32)17-40-11-9-39(2)10-12-40;/h3-8,13-16,18H,9-12,17H2,1-2H3,(H,36,41)(H,35,37,38);1H. The molecular weight excluding hydrogens is 569 g/mol. The zero-order valence-corrected chi connectivity index (χ0v) is 23.8. The number of benzene rings is 2. The molecule has 5 rings (SSSR count). The Kier molecular flexibility index (Phi) is 9.71. The number of piperazine rings is 1. The lowest BCUT2D eigenvalue weighted by atomic mass is 10.0. The monoisotopic (exact) mass is 598 g/mol. The Labute approximate surface area is 247 Å². The molecule has 0 aliphatic carbocycles. The predicted molar refractivity (Wildman–Crippen MR) is 157 cm³/mol. The van der Waals surface area contributed by atoms with Gasteiger partial charge < -0.3 is 15.5 Å². The van der Waals surface area contributed by atoms with Crippen LogP contribution in [0.2, 0.25) is 0 Å². The lowest BCUT2D eigenvalue weighted by molar-refractivity contribution is -0.138. The summed E-state index contributed by atoms with van der Waals surface area (Å²) in [5.74, 6) is -0.317. The fourth-order valence-corrected chi connectivity index (χ4v) is 4.54. The third-order valence-electron chi connectivity index (χ3n) is 6.92. The van der Waals surface area contributed by atoms with Crippen molar-refractivity contribution in [2.24, 2.45) is 0 Å². The predicted octanol–water partition coefficient (Wildman–Crippen LogP) is 5.43. The summed E-state index contributed by atoms with van der Waals surface area (Å²) in [5.41, 5.74) is 2.53. The van der Waals surface area contributed by atoms with Crippen molar-refractivity contribution in [3.63, 3.8) is 0 Å². The quantitative estimate of drug-likeness (QED) is 0.291. The normalized spacial score (nSPS) is 14.2. The van der Waals surface area contributed by atoms with Gasteiger partial charge in [0, 0.05) is 73.8 Å². The van der Waals surface area contributed by atoms with E-state index in [4.69, 9.17) is 0 Å². The second-order valence-corrected chi connectivity index (χ2v) is 9.95. The van der Waals surface area contributed by atoms with E-state index in [0.29, 0.717) is 36.1 Å². The van der Waals surface area contributed by atoms with Crippen molar-refractivity contribution in [2.45, 2.75) is 19.6 Å². The van der Waals surface area contributed by atoms with Crippen LogP contribution in [0.4, 0.5) is 30.5 Å². The van der Waals surface area contributed by atoms with Gasteiger partial charge >= 0.3 is 6.18 Å². The Bertz CT molecular complexity index is 1530. The third-order valence-corrected chi connectivity index (χ3v) is 6.92. The molecule has 1 saturated heterocycles. The lowest BCUT2D eigenvalue weighted by Gasteiger charge is -2.33. The molecule has 220 valence electrons. The SMILES string of the molecule is Cc1ccc(NC(=O)c2ccc(CN3CCN(C)CC3)c(C(F)(F)F)c2)cc1Nc1nccc(-c2cncnc2)n1.Cl. The number of anilines is 3. The van der Waals surface area contributed by atoms with Gasteiger partial charge in [-0.15, -0.1) is 12.4 Å². The first kappa shape index (κ1) is 30.8. The minimum Gasteiger partial charge on any atom is -0.324 e. The third kappa shape index (κ3) is 7.58. The number of rotatable bonds is 7. The number of nitrogens with one attached hydrogen (secondary N) is 2. The molecule has 4 aromatic rings.